The van der Waals surface area contributed by atoms with E-state index in [4.69, 9.17) is 4.42 Å². The van der Waals surface area contributed by atoms with Crippen molar-refractivity contribution in [2.24, 2.45) is 0 Å². The van der Waals surface area contributed by atoms with E-state index < -0.39 is 0 Å². The van der Waals surface area contributed by atoms with Gasteiger partial charge in [0.25, 0.3) is 0 Å². The van der Waals surface area contributed by atoms with Crippen molar-refractivity contribution in [3.63, 3.8) is 0 Å². The zero-order chi connectivity index (χ0) is 13.7. The Morgan fingerprint density at radius 1 is 1.63 bits per heavy atom. The van der Waals surface area contributed by atoms with Gasteiger partial charge in [0, 0.05) is 11.5 Å². The summed E-state index contributed by atoms with van der Waals surface area (Å²) in [6.07, 6.45) is 5.59. The topological polar surface area (TPSA) is 55.1 Å². The summed E-state index contributed by atoms with van der Waals surface area (Å²) in [6.45, 7) is 3.99. The molecule has 100 valence electrons. The Hall–Kier alpha value is -1.88. The number of rotatable bonds is 5. The second kappa shape index (κ2) is 6.33. The fourth-order valence-electron chi connectivity index (χ4n) is 1.57. The summed E-state index contributed by atoms with van der Waals surface area (Å²) in [4.78, 5) is 16.2. The maximum Gasteiger partial charge on any atom is 0.244 e. The van der Waals surface area contributed by atoms with Crippen molar-refractivity contribution in [2.75, 3.05) is 0 Å². The van der Waals surface area contributed by atoms with E-state index in [0.29, 0.717) is 5.76 Å². The van der Waals surface area contributed by atoms with Crippen molar-refractivity contribution in [1.29, 1.82) is 0 Å². The molecular formula is C14H16N2O2S. The molecule has 2 aromatic rings. The molecule has 0 bridgehead atoms. The summed E-state index contributed by atoms with van der Waals surface area (Å²) >= 11 is 1.62. The van der Waals surface area contributed by atoms with Crippen molar-refractivity contribution in [3.05, 3.63) is 46.3 Å². The molecule has 2 heterocycles. The minimum atomic E-state index is -0.157. The van der Waals surface area contributed by atoms with Crippen molar-refractivity contribution in [3.8, 4) is 0 Å². The second-order valence-corrected chi connectivity index (χ2v) is 5.04. The summed E-state index contributed by atoms with van der Waals surface area (Å²) in [6, 6.07) is 3.48. The van der Waals surface area contributed by atoms with Gasteiger partial charge in [-0.05, 0) is 31.6 Å². The van der Waals surface area contributed by atoms with Gasteiger partial charge in [0.15, 0.2) is 0 Å². The van der Waals surface area contributed by atoms with E-state index in [1.165, 1.54) is 6.08 Å². The number of carbonyl (C=O) groups excluding carboxylic acids is 1. The molecule has 1 amide bonds. The zero-order valence-electron chi connectivity index (χ0n) is 10.9. The number of hydrogen-bond donors (Lipinski definition) is 1. The number of thiazole rings is 1. The highest BCUT2D eigenvalue weighted by Gasteiger charge is 2.11. The predicted molar refractivity (Wildman–Crippen MR) is 75.8 cm³/mol. The smallest absolute Gasteiger partial charge is 0.244 e. The molecular weight excluding hydrogens is 260 g/mol. The minimum absolute atomic E-state index is 0.0923. The molecule has 0 fully saturated rings. The Morgan fingerprint density at radius 3 is 3.11 bits per heavy atom. The first-order valence-electron chi connectivity index (χ1n) is 6.15. The highest BCUT2D eigenvalue weighted by Crippen LogP contribution is 2.16. The highest BCUT2D eigenvalue weighted by molar-refractivity contribution is 7.09. The maximum absolute atomic E-state index is 11.7. The van der Waals surface area contributed by atoms with E-state index in [1.807, 2.05) is 12.3 Å². The van der Waals surface area contributed by atoms with Crippen LogP contribution in [0.1, 0.15) is 36.4 Å². The molecule has 5 heteroatoms. The minimum Gasteiger partial charge on any atom is -0.465 e. The Morgan fingerprint density at radius 2 is 2.47 bits per heavy atom. The van der Waals surface area contributed by atoms with Crippen LogP contribution in [0.5, 0.6) is 0 Å². The van der Waals surface area contributed by atoms with Crippen molar-refractivity contribution < 1.29 is 9.21 Å². The van der Waals surface area contributed by atoms with E-state index in [-0.39, 0.29) is 11.9 Å². The molecule has 0 unspecified atom stereocenters. The molecule has 0 saturated heterocycles. The predicted octanol–water partition coefficient (Wildman–Crippen LogP) is 3.19. The van der Waals surface area contributed by atoms with Gasteiger partial charge in [0.2, 0.25) is 5.91 Å². The first kappa shape index (κ1) is 13.5. The van der Waals surface area contributed by atoms with Crippen LogP contribution >= 0.6 is 11.3 Å². The molecule has 2 aromatic heterocycles. The SMILES string of the molecule is CCc1nc([C@@H](C)NC(=O)/C=C/c2ccco2)cs1. The number of nitrogens with zero attached hydrogens (tertiary/aromatic N) is 1. The molecule has 0 aromatic carbocycles. The molecule has 0 spiro atoms. The van der Waals surface area contributed by atoms with Gasteiger partial charge in [-0.1, -0.05) is 6.92 Å². The molecule has 1 atom stereocenters. The molecule has 0 aliphatic rings. The first-order valence-corrected chi connectivity index (χ1v) is 7.03. The van der Waals surface area contributed by atoms with E-state index in [1.54, 1.807) is 35.8 Å². The number of furan rings is 1. The zero-order valence-corrected chi connectivity index (χ0v) is 11.7. The Labute approximate surface area is 116 Å². The quantitative estimate of drug-likeness (QED) is 0.853. The molecule has 19 heavy (non-hydrogen) atoms. The van der Waals surface area contributed by atoms with Gasteiger partial charge in [0.1, 0.15) is 5.76 Å². The van der Waals surface area contributed by atoms with Gasteiger partial charge in [-0.15, -0.1) is 11.3 Å². The summed E-state index contributed by atoms with van der Waals surface area (Å²) < 4.78 is 5.11. The van der Waals surface area contributed by atoms with E-state index in [2.05, 4.69) is 17.2 Å². The average Bonchev–Trinajstić information content (AvgIpc) is 3.07. The van der Waals surface area contributed by atoms with Crippen LogP contribution in [0.25, 0.3) is 6.08 Å². The summed E-state index contributed by atoms with van der Waals surface area (Å²) in [7, 11) is 0. The van der Waals surface area contributed by atoms with Crippen LogP contribution in [-0.2, 0) is 11.2 Å². The third-order valence-electron chi connectivity index (χ3n) is 2.62. The fraction of sp³-hybridized carbons (Fsp3) is 0.286. The largest absolute Gasteiger partial charge is 0.465 e. The van der Waals surface area contributed by atoms with Crippen LogP contribution in [0.3, 0.4) is 0 Å². The third kappa shape index (κ3) is 3.79. The average molecular weight is 276 g/mol. The number of aromatic nitrogens is 1. The Kier molecular flexibility index (Phi) is 4.52. The van der Waals surface area contributed by atoms with Crippen LogP contribution in [0.15, 0.2) is 34.3 Å². The van der Waals surface area contributed by atoms with Gasteiger partial charge >= 0.3 is 0 Å². The van der Waals surface area contributed by atoms with Crippen LogP contribution in [-0.4, -0.2) is 10.9 Å². The first-order chi connectivity index (χ1) is 9.19. The van der Waals surface area contributed by atoms with Crippen molar-refractivity contribution >= 4 is 23.3 Å². The van der Waals surface area contributed by atoms with Gasteiger partial charge in [-0.25, -0.2) is 4.98 Å². The number of hydrogen-bond acceptors (Lipinski definition) is 4. The van der Waals surface area contributed by atoms with Crippen LogP contribution in [0.4, 0.5) is 0 Å². The molecule has 0 aliphatic carbocycles. The van der Waals surface area contributed by atoms with Crippen LogP contribution in [0, 0.1) is 0 Å². The van der Waals surface area contributed by atoms with Crippen molar-refractivity contribution in [2.45, 2.75) is 26.3 Å². The molecule has 0 radical (unpaired) electrons. The number of amides is 1. The monoisotopic (exact) mass is 276 g/mol. The fourth-order valence-corrected chi connectivity index (χ4v) is 2.40. The number of nitrogens with one attached hydrogen (secondary N) is 1. The lowest BCUT2D eigenvalue weighted by atomic mass is 10.2. The van der Waals surface area contributed by atoms with E-state index >= 15 is 0 Å². The summed E-state index contributed by atoms with van der Waals surface area (Å²) in [5.74, 6) is 0.500. The Bertz CT molecular complexity index is 558. The summed E-state index contributed by atoms with van der Waals surface area (Å²) in [5.41, 5.74) is 0.904. The third-order valence-corrected chi connectivity index (χ3v) is 3.63. The molecule has 0 saturated carbocycles. The number of aryl methyl sites for hydroxylation is 1. The van der Waals surface area contributed by atoms with Gasteiger partial charge in [-0.2, -0.15) is 0 Å². The molecule has 2 rings (SSSR count). The van der Waals surface area contributed by atoms with Crippen LogP contribution < -0.4 is 5.32 Å². The van der Waals surface area contributed by atoms with Gasteiger partial charge < -0.3 is 9.73 Å². The highest BCUT2D eigenvalue weighted by atomic mass is 32.1. The standard InChI is InChI=1S/C14H16N2O2S/c1-3-14-16-12(9-19-14)10(2)15-13(17)7-6-11-5-4-8-18-11/h4-10H,3H2,1-2H3,(H,15,17)/b7-6+/t10-/m1/s1. The van der Waals surface area contributed by atoms with Crippen molar-refractivity contribution in [1.82, 2.24) is 10.3 Å². The lowest BCUT2D eigenvalue weighted by Gasteiger charge is -2.09. The Balaban J connectivity index is 1.91. The normalized spacial score (nSPS) is 12.7. The molecule has 1 N–H and O–H groups in total. The van der Waals surface area contributed by atoms with Crippen LogP contribution in [0.2, 0.25) is 0 Å². The maximum atomic E-state index is 11.7. The number of carbonyl (C=O) groups is 1. The van der Waals surface area contributed by atoms with Gasteiger partial charge in [-0.3, -0.25) is 4.79 Å². The molecule has 4 nitrogen and oxygen atoms in total. The van der Waals surface area contributed by atoms with E-state index in [0.717, 1.165) is 17.1 Å². The lowest BCUT2D eigenvalue weighted by molar-refractivity contribution is -0.117. The summed E-state index contributed by atoms with van der Waals surface area (Å²) in [5, 5.41) is 5.94. The van der Waals surface area contributed by atoms with E-state index in [9.17, 15) is 4.79 Å². The molecule has 0 aliphatic heterocycles. The second-order valence-electron chi connectivity index (χ2n) is 4.10. The van der Waals surface area contributed by atoms with Gasteiger partial charge in [0.05, 0.1) is 23.0 Å². The lowest BCUT2D eigenvalue weighted by Crippen LogP contribution is -2.24.